The predicted molar refractivity (Wildman–Crippen MR) is 91.3 cm³/mol. The Kier molecular flexibility index (Phi) is 11.4. The molecule has 2 unspecified atom stereocenters. The van der Waals surface area contributed by atoms with E-state index in [0.717, 1.165) is 12.0 Å². The topological polar surface area (TPSA) is 12.0 Å². The van der Waals surface area contributed by atoms with E-state index in [2.05, 4.69) is 19.2 Å². The van der Waals surface area contributed by atoms with Crippen molar-refractivity contribution in [1.29, 1.82) is 0 Å². The average molecular weight is 282 g/mol. The van der Waals surface area contributed by atoms with Gasteiger partial charge in [-0.3, -0.25) is 0 Å². The van der Waals surface area contributed by atoms with Crippen LogP contribution in [0.4, 0.5) is 0 Å². The van der Waals surface area contributed by atoms with E-state index in [4.69, 9.17) is 0 Å². The maximum absolute atomic E-state index is 3.69. The molecule has 1 nitrogen and oxygen atoms in total. The number of nitrogens with one attached hydrogen (secondary N) is 1. The minimum absolute atomic E-state index is 0.846. The summed E-state index contributed by atoms with van der Waals surface area (Å²) in [6.45, 7) is 5.91. The molecule has 0 spiro atoms. The lowest BCUT2D eigenvalue weighted by atomic mass is 9.93. The molecule has 0 radical (unpaired) electrons. The standard InChI is InChI=1S/C19H39N/c1-3-5-6-7-8-9-10-11-12-13-14-15-19-18(4-2)16-17-20-19/h18-20H,3-17H2,1-2H3. The molecule has 1 fully saturated rings. The summed E-state index contributed by atoms with van der Waals surface area (Å²) in [6, 6.07) is 0.846. The van der Waals surface area contributed by atoms with Crippen LogP contribution < -0.4 is 5.32 Å². The van der Waals surface area contributed by atoms with Gasteiger partial charge in [0, 0.05) is 6.04 Å². The summed E-state index contributed by atoms with van der Waals surface area (Å²) >= 11 is 0. The number of hydrogen-bond acceptors (Lipinski definition) is 1. The molecule has 0 aromatic carbocycles. The van der Waals surface area contributed by atoms with Gasteiger partial charge in [-0.15, -0.1) is 0 Å². The zero-order valence-electron chi connectivity index (χ0n) is 14.3. The van der Waals surface area contributed by atoms with Crippen molar-refractivity contribution in [3.63, 3.8) is 0 Å². The van der Waals surface area contributed by atoms with Crippen molar-refractivity contribution in [1.82, 2.24) is 5.32 Å². The Balaban J connectivity index is 1.78. The van der Waals surface area contributed by atoms with E-state index in [1.54, 1.807) is 0 Å². The molecule has 0 aliphatic carbocycles. The Morgan fingerprint density at radius 2 is 1.30 bits per heavy atom. The lowest BCUT2D eigenvalue weighted by Crippen LogP contribution is -2.26. The second kappa shape index (κ2) is 12.7. The van der Waals surface area contributed by atoms with Crippen LogP contribution >= 0.6 is 0 Å². The van der Waals surface area contributed by atoms with Crippen LogP contribution in [-0.2, 0) is 0 Å². The third-order valence-electron chi connectivity index (χ3n) is 5.13. The smallest absolute Gasteiger partial charge is 0.00956 e. The third-order valence-corrected chi connectivity index (χ3v) is 5.13. The fourth-order valence-corrected chi connectivity index (χ4v) is 3.68. The molecule has 120 valence electrons. The first-order chi connectivity index (χ1) is 9.88. The highest BCUT2D eigenvalue weighted by Gasteiger charge is 2.23. The molecular weight excluding hydrogens is 242 g/mol. The maximum Gasteiger partial charge on any atom is 0.00956 e. The summed E-state index contributed by atoms with van der Waals surface area (Å²) < 4.78 is 0. The highest BCUT2D eigenvalue weighted by atomic mass is 14.9. The van der Waals surface area contributed by atoms with Gasteiger partial charge in [0.05, 0.1) is 0 Å². The molecule has 20 heavy (non-hydrogen) atoms. The second-order valence-electron chi connectivity index (χ2n) is 6.84. The van der Waals surface area contributed by atoms with Crippen LogP contribution in [-0.4, -0.2) is 12.6 Å². The van der Waals surface area contributed by atoms with Gasteiger partial charge in [-0.2, -0.15) is 0 Å². The fraction of sp³-hybridized carbons (Fsp3) is 1.00. The van der Waals surface area contributed by atoms with Crippen LogP contribution in [0.1, 0.15) is 104 Å². The number of hydrogen-bond donors (Lipinski definition) is 1. The van der Waals surface area contributed by atoms with Gasteiger partial charge < -0.3 is 5.32 Å². The summed E-state index contributed by atoms with van der Waals surface area (Å²) in [4.78, 5) is 0. The lowest BCUT2D eigenvalue weighted by molar-refractivity contribution is 0.396. The Labute approximate surface area is 128 Å². The molecule has 1 N–H and O–H groups in total. The van der Waals surface area contributed by atoms with Crippen molar-refractivity contribution in [2.45, 2.75) is 110 Å². The summed E-state index contributed by atoms with van der Waals surface area (Å²) in [5.41, 5.74) is 0. The van der Waals surface area contributed by atoms with Crippen molar-refractivity contribution in [2.75, 3.05) is 6.54 Å². The van der Waals surface area contributed by atoms with Gasteiger partial charge in [0.1, 0.15) is 0 Å². The van der Waals surface area contributed by atoms with E-state index < -0.39 is 0 Å². The van der Waals surface area contributed by atoms with Gasteiger partial charge in [-0.25, -0.2) is 0 Å². The minimum atomic E-state index is 0.846. The fourth-order valence-electron chi connectivity index (χ4n) is 3.68. The van der Waals surface area contributed by atoms with Gasteiger partial charge in [0.2, 0.25) is 0 Å². The molecule has 1 rings (SSSR count). The molecule has 0 saturated carbocycles. The van der Waals surface area contributed by atoms with E-state index in [0.29, 0.717) is 0 Å². The summed E-state index contributed by atoms with van der Waals surface area (Å²) in [5.74, 6) is 0.970. The van der Waals surface area contributed by atoms with E-state index in [-0.39, 0.29) is 0 Å². The maximum atomic E-state index is 3.69. The minimum Gasteiger partial charge on any atom is -0.314 e. The van der Waals surface area contributed by atoms with Crippen LogP contribution in [0.3, 0.4) is 0 Å². The molecule has 1 heteroatoms. The van der Waals surface area contributed by atoms with E-state index >= 15 is 0 Å². The Bertz CT molecular complexity index is 202. The quantitative estimate of drug-likeness (QED) is 0.404. The van der Waals surface area contributed by atoms with Crippen molar-refractivity contribution >= 4 is 0 Å². The zero-order valence-corrected chi connectivity index (χ0v) is 14.3. The second-order valence-corrected chi connectivity index (χ2v) is 6.84. The number of unbranched alkanes of at least 4 members (excludes halogenated alkanes) is 10. The largest absolute Gasteiger partial charge is 0.314 e. The van der Waals surface area contributed by atoms with Crippen LogP contribution in [0.2, 0.25) is 0 Å². The van der Waals surface area contributed by atoms with Crippen molar-refractivity contribution in [3.8, 4) is 0 Å². The SMILES string of the molecule is CCCCCCCCCCCCCC1NCCC1CC. The normalized spacial score (nSPS) is 22.5. The van der Waals surface area contributed by atoms with Crippen molar-refractivity contribution < 1.29 is 0 Å². The van der Waals surface area contributed by atoms with Gasteiger partial charge in [-0.1, -0.05) is 90.9 Å². The first-order valence-electron chi connectivity index (χ1n) is 9.61. The van der Waals surface area contributed by atoms with E-state index in [9.17, 15) is 0 Å². The predicted octanol–water partition coefficient (Wildman–Crippen LogP) is 6.08. The molecule has 1 heterocycles. The Hall–Kier alpha value is -0.0400. The van der Waals surface area contributed by atoms with Crippen LogP contribution in [0.25, 0.3) is 0 Å². The van der Waals surface area contributed by atoms with Gasteiger partial charge in [-0.05, 0) is 25.3 Å². The van der Waals surface area contributed by atoms with E-state index in [1.165, 1.54) is 96.4 Å². The third kappa shape index (κ3) is 8.29. The van der Waals surface area contributed by atoms with Crippen LogP contribution in [0, 0.1) is 5.92 Å². The highest BCUT2D eigenvalue weighted by molar-refractivity contribution is 4.82. The summed E-state index contributed by atoms with van der Waals surface area (Å²) in [6.07, 6.45) is 20.2. The first kappa shape index (κ1) is 18.0. The summed E-state index contributed by atoms with van der Waals surface area (Å²) in [5, 5.41) is 3.69. The highest BCUT2D eigenvalue weighted by Crippen LogP contribution is 2.23. The summed E-state index contributed by atoms with van der Waals surface area (Å²) in [7, 11) is 0. The van der Waals surface area contributed by atoms with E-state index in [1.807, 2.05) is 0 Å². The molecule has 0 aromatic heterocycles. The van der Waals surface area contributed by atoms with Crippen LogP contribution in [0.15, 0.2) is 0 Å². The lowest BCUT2D eigenvalue weighted by Gasteiger charge is -2.17. The van der Waals surface area contributed by atoms with Crippen molar-refractivity contribution in [3.05, 3.63) is 0 Å². The average Bonchev–Trinajstić information content (AvgIpc) is 2.92. The molecule has 1 saturated heterocycles. The number of rotatable bonds is 13. The molecule has 1 aliphatic rings. The molecule has 1 aliphatic heterocycles. The first-order valence-corrected chi connectivity index (χ1v) is 9.61. The van der Waals surface area contributed by atoms with Gasteiger partial charge in [0.15, 0.2) is 0 Å². The molecular formula is C19H39N. The zero-order chi connectivity index (χ0) is 14.5. The Morgan fingerprint density at radius 1 is 0.750 bits per heavy atom. The van der Waals surface area contributed by atoms with Gasteiger partial charge >= 0.3 is 0 Å². The van der Waals surface area contributed by atoms with Crippen LogP contribution in [0.5, 0.6) is 0 Å². The Morgan fingerprint density at radius 3 is 1.85 bits per heavy atom. The monoisotopic (exact) mass is 281 g/mol. The molecule has 2 atom stereocenters. The van der Waals surface area contributed by atoms with Gasteiger partial charge in [0.25, 0.3) is 0 Å². The molecule has 0 aromatic rings. The molecule has 0 amide bonds. The molecule has 0 bridgehead atoms. The van der Waals surface area contributed by atoms with Crippen molar-refractivity contribution in [2.24, 2.45) is 5.92 Å².